The molecule has 2 aliphatic heterocycles. The molecule has 0 unspecified atom stereocenters. The Hall–Kier alpha value is -5.22. The maximum absolute atomic E-state index is 12.5. The normalized spacial score (nSPS) is 15.9. The summed E-state index contributed by atoms with van der Waals surface area (Å²) < 4.78 is 16.7. The maximum Gasteiger partial charge on any atom is 0.275 e. The van der Waals surface area contributed by atoms with E-state index in [2.05, 4.69) is 48.2 Å². The zero-order valence-electron chi connectivity index (χ0n) is 24.6. The maximum atomic E-state index is 12.5. The van der Waals surface area contributed by atoms with Gasteiger partial charge in [0.1, 0.15) is 47.8 Å². The molecule has 0 spiro atoms. The molecule has 0 atom stereocenters. The van der Waals surface area contributed by atoms with Gasteiger partial charge in [-0.1, -0.05) is 0 Å². The van der Waals surface area contributed by atoms with Gasteiger partial charge in [-0.05, 0) is 37.4 Å². The monoisotopic (exact) mass is 597 g/mol. The van der Waals surface area contributed by atoms with Crippen molar-refractivity contribution in [2.45, 2.75) is 18.9 Å². The lowest BCUT2D eigenvalue weighted by Gasteiger charge is -2.34. The van der Waals surface area contributed by atoms with Gasteiger partial charge in [0, 0.05) is 65.2 Å². The number of nitrogens with one attached hydrogen (secondary N) is 1. The fourth-order valence-electron chi connectivity index (χ4n) is 5.37. The number of carbonyl (C=O) groups is 1. The van der Waals surface area contributed by atoms with Crippen molar-refractivity contribution in [2.24, 2.45) is 0 Å². The zero-order valence-corrected chi connectivity index (χ0v) is 24.6. The Morgan fingerprint density at radius 2 is 1.86 bits per heavy atom. The summed E-state index contributed by atoms with van der Waals surface area (Å²) in [5, 5.41) is 13.1. The highest BCUT2D eigenvalue weighted by atomic mass is 16.5. The summed E-state index contributed by atoms with van der Waals surface area (Å²) in [6.07, 6.45) is 5.24. The SMILES string of the molecule is COc1nc(Nc2cc(-c3ccc(OC4CCN(C(=O)c5cocn5)CC4)c(C#N)c3)ncn2)ccc1N1CCN(C)CC1.[HH]. The summed E-state index contributed by atoms with van der Waals surface area (Å²) in [4.78, 5) is 36.2. The van der Waals surface area contributed by atoms with Crippen molar-refractivity contribution in [1.29, 1.82) is 5.26 Å². The largest absolute Gasteiger partial charge is 0.489 e. The van der Waals surface area contributed by atoms with Crippen molar-refractivity contribution in [3.8, 4) is 29.0 Å². The van der Waals surface area contributed by atoms with Crippen LogP contribution in [0.1, 0.15) is 30.3 Å². The highest BCUT2D eigenvalue weighted by molar-refractivity contribution is 5.91. The molecule has 3 aromatic heterocycles. The van der Waals surface area contributed by atoms with Crippen LogP contribution in [0.25, 0.3) is 11.3 Å². The Kier molecular flexibility index (Phi) is 8.51. The van der Waals surface area contributed by atoms with Gasteiger partial charge < -0.3 is 33.9 Å². The summed E-state index contributed by atoms with van der Waals surface area (Å²) in [5.74, 6) is 2.05. The van der Waals surface area contributed by atoms with Crippen molar-refractivity contribution >= 4 is 23.2 Å². The van der Waals surface area contributed by atoms with E-state index in [0.717, 1.165) is 37.4 Å². The van der Waals surface area contributed by atoms with Crippen molar-refractivity contribution in [1.82, 2.24) is 29.7 Å². The van der Waals surface area contributed by atoms with E-state index in [1.54, 1.807) is 30.2 Å². The van der Waals surface area contributed by atoms with E-state index >= 15 is 0 Å². The third-order valence-electron chi connectivity index (χ3n) is 7.87. The average Bonchev–Trinajstić information content (AvgIpc) is 3.61. The lowest BCUT2D eigenvalue weighted by molar-refractivity contribution is 0.0589. The molecule has 2 fully saturated rings. The van der Waals surface area contributed by atoms with E-state index in [-0.39, 0.29) is 13.4 Å². The summed E-state index contributed by atoms with van der Waals surface area (Å²) >= 11 is 0. The number of likely N-dealkylation sites (tertiary alicyclic amines) is 1. The highest BCUT2D eigenvalue weighted by Crippen LogP contribution is 2.31. The van der Waals surface area contributed by atoms with Gasteiger partial charge in [-0.15, -0.1) is 0 Å². The number of methoxy groups -OCH3 is 1. The first-order chi connectivity index (χ1) is 21.5. The number of nitrogens with zero attached hydrogens (tertiary/aromatic N) is 8. The van der Waals surface area contributed by atoms with Gasteiger partial charge in [-0.3, -0.25) is 4.79 Å². The van der Waals surface area contributed by atoms with Crippen LogP contribution in [0.5, 0.6) is 11.6 Å². The second kappa shape index (κ2) is 13.0. The number of anilines is 3. The van der Waals surface area contributed by atoms with Crippen LogP contribution in [0.4, 0.5) is 17.3 Å². The molecule has 6 rings (SSSR count). The summed E-state index contributed by atoms with van der Waals surface area (Å²) in [5.41, 5.74) is 3.06. The lowest BCUT2D eigenvalue weighted by atomic mass is 10.1. The van der Waals surface area contributed by atoms with Crippen molar-refractivity contribution in [2.75, 3.05) is 63.6 Å². The van der Waals surface area contributed by atoms with Gasteiger partial charge in [0.2, 0.25) is 5.88 Å². The molecule has 2 saturated heterocycles. The molecule has 1 aromatic carbocycles. The molecule has 5 heterocycles. The standard InChI is InChI=1S/C31H33N9O4.H2/c1-38-11-13-39(14-12-38)26-4-6-28(37-30(26)42-2)36-29-16-24(33-19-34-29)21-3-5-27(22(15-21)17-32)44-23-7-9-40(10-8-23)31(41)25-18-43-20-35-25;/h3-6,15-16,18-20,23H,7-14H2,1-2H3,(H,33,34,36,37);1H. The number of likely N-dealkylation sites (N-methyl/N-ethyl adjacent to an activating group) is 1. The Balaban J connectivity index is 0.00000400. The molecule has 44 heavy (non-hydrogen) atoms. The topological polar surface area (TPSA) is 146 Å². The number of pyridine rings is 1. The van der Waals surface area contributed by atoms with E-state index in [9.17, 15) is 10.1 Å². The van der Waals surface area contributed by atoms with E-state index in [4.69, 9.17) is 13.9 Å². The number of nitriles is 1. The van der Waals surface area contributed by atoms with Gasteiger partial charge in [0.05, 0.1) is 18.4 Å². The zero-order chi connectivity index (χ0) is 30.5. The number of piperazine rings is 1. The molecule has 4 aromatic rings. The van der Waals surface area contributed by atoms with Crippen LogP contribution in [0.3, 0.4) is 0 Å². The fourth-order valence-corrected chi connectivity index (χ4v) is 5.37. The molecular weight excluding hydrogens is 562 g/mol. The molecule has 0 aliphatic carbocycles. The third kappa shape index (κ3) is 6.40. The number of piperidine rings is 1. The molecule has 13 heteroatoms. The second-order valence-electron chi connectivity index (χ2n) is 10.7. The molecule has 2 aliphatic rings. The smallest absolute Gasteiger partial charge is 0.275 e. The van der Waals surface area contributed by atoms with Gasteiger partial charge in [0.15, 0.2) is 12.1 Å². The summed E-state index contributed by atoms with van der Waals surface area (Å²) in [6.45, 7) is 4.87. The lowest BCUT2D eigenvalue weighted by Crippen LogP contribution is -2.44. The Morgan fingerprint density at radius 1 is 1.05 bits per heavy atom. The molecule has 0 saturated carbocycles. The van der Waals surface area contributed by atoms with Gasteiger partial charge in [-0.2, -0.15) is 10.2 Å². The first kappa shape index (κ1) is 28.9. The number of hydrogen-bond acceptors (Lipinski definition) is 12. The minimum absolute atomic E-state index is 0. The first-order valence-corrected chi connectivity index (χ1v) is 14.5. The predicted molar refractivity (Wildman–Crippen MR) is 164 cm³/mol. The van der Waals surface area contributed by atoms with Gasteiger partial charge in [-0.25, -0.2) is 15.0 Å². The molecule has 1 N–H and O–H groups in total. The van der Waals surface area contributed by atoms with Gasteiger partial charge >= 0.3 is 0 Å². The number of amides is 1. The average molecular weight is 598 g/mol. The summed E-state index contributed by atoms with van der Waals surface area (Å²) in [7, 11) is 3.75. The van der Waals surface area contributed by atoms with Gasteiger partial charge in [0.25, 0.3) is 5.91 Å². The molecule has 13 nitrogen and oxygen atoms in total. The highest BCUT2D eigenvalue weighted by Gasteiger charge is 2.26. The molecule has 1 amide bonds. The fraction of sp³-hybridized carbons (Fsp3) is 0.355. The van der Waals surface area contributed by atoms with Crippen LogP contribution in [0, 0.1) is 11.3 Å². The molecule has 0 bridgehead atoms. The molecule has 0 radical (unpaired) electrons. The van der Waals surface area contributed by atoms with Crippen LogP contribution in [0.15, 0.2) is 59.8 Å². The third-order valence-corrected chi connectivity index (χ3v) is 7.87. The van der Waals surface area contributed by atoms with Crippen LogP contribution in [0.2, 0.25) is 0 Å². The number of oxazole rings is 1. The minimum atomic E-state index is -0.157. The van der Waals surface area contributed by atoms with Crippen LogP contribution in [-0.4, -0.2) is 95.2 Å². The van der Waals surface area contributed by atoms with Crippen molar-refractivity contribution < 1.29 is 20.1 Å². The van der Waals surface area contributed by atoms with Crippen molar-refractivity contribution in [3.63, 3.8) is 0 Å². The van der Waals surface area contributed by atoms with E-state index in [0.29, 0.717) is 66.1 Å². The van der Waals surface area contributed by atoms with E-state index in [1.165, 1.54) is 19.0 Å². The van der Waals surface area contributed by atoms with Crippen LogP contribution < -0.4 is 19.7 Å². The molecule has 228 valence electrons. The van der Waals surface area contributed by atoms with E-state index < -0.39 is 0 Å². The number of benzene rings is 1. The minimum Gasteiger partial charge on any atom is -0.489 e. The quantitative estimate of drug-likeness (QED) is 0.315. The first-order valence-electron chi connectivity index (χ1n) is 14.5. The second-order valence-corrected chi connectivity index (χ2v) is 10.7. The number of ether oxygens (including phenoxy) is 2. The van der Waals surface area contributed by atoms with Crippen molar-refractivity contribution in [3.05, 3.63) is 66.6 Å². The number of rotatable bonds is 8. The summed E-state index contributed by atoms with van der Waals surface area (Å²) in [6, 6.07) is 13.4. The Labute approximate surface area is 256 Å². The Bertz CT molecular complexity index is 1650. The molecular formula is C31H35N9O4. The van der Waals surface area contributed by atoms with Crippen LogP contribution >= 0.6 is 0 Å². The predicted octanol–water partition coefficient (Wildman–Crippen LogP) is 3.83. The number of hydrogen-bond donors (Lipinski definition) is 1. The van der Waals surface area contributed by atoms with Crippen LogP contribution in [-0.2, 0) is 0 Å². The van der Waals surface area contributed by atoms with E-state index in [1.807, 2.05) is 18.2 Å². The Morgan fingerprint density at radius 3 is 2.59 bits per heavy atom. The number of carbonyl (C=O) groups excluding carboxylic acids is 1. The number of aromatic nitrogens is 4.